The van der Waals surface area contributed by atoms with Gasteiger partial charge in [-0.25, -0.2) is 0 Å². The van der Waals surface area contributed by atoms with Gasteiger partial charge in [-0.2, -0.15) is 0 Å². The number of nitro groups is 1. The van der Waals surface area contributed by atoms with E-state index in [9.17, 15) is 14.9 Å². The first-order valence-electron chi connectivity index (χ1n) is 7.45. The van der Waals surface area contributed by atoms with Gasteiger partial charge in [-0.15, -0.1) is 0 Å². The zero-order chi connectivity index (χ0) is 15.2. The summed E-state index contributed by atoms with van der Waals surface area (Å²) in [6.07, 6.45) is 5.12. The molecule has 0 spiro atoms. The number of benzene rings is 1. The van der Waals surface area contributed by atoms with Crippen LogP contribution >= 0.6 is 0 Å². The smallest absolute Gasteiger partial charge is 0.293 e. The van der Waals surface area contributed by atoms with E-state index in [1.165, 1.54) is 6.07 Å². The van der Waals surface area contributed by atoms with E-state index in [1.54, 1.807) is 12.1 Å². The van der Waals surface area contributed by atoms with Crippen molar-refractivity contribution in [2.24, 2.45) is 0 Å². The van der Waals surface area contributed by atoms with Gasteiger partial charge in [0.2, 0.25) is 0 Å². The van der Waals surface area contributed by atoms with Crippen LogP contribution in [0, 0.1) is 10.1 Å². The Morgan fingerprint density at radius 2 is 2.10 bits per heavy atom. The first kappa shape index (κ1) is 15.3. The van der Waals surface area contributed by atoms with E-state index in [-0.39, 0.29) is 17.6 Å². The maximum absolute atomic E-state index is 12.1. The molecular formula is C15H21N3O3. The molecule has 1 aliphatic rings. The molecular weight excluding hydrogens is 270 g/mol. The molecule has 0 atom stereocenters. The summed E-state index contributed by atoms with van der Waals surface area (Å²) in [5, 5.41) is 17.1. The summed E-state index contributed by atoms with van der Waals surface area (Å²) in [5.41, 5.74) is 0.748. The van der Waals surface area contributed by atoms with Gasteiger partial charge < -0.3 is 10.6 Å². The van der Waals surface area contributed by atoms with Crippen LogP contribution < -0.4 is 10.6 Å². The predicted octanol–water partition coefficient (Wildman–Crippen LogP) is 3.09. The molecule has 0 bridgehead atoms. The van der Waals surface area contributed by atoms with Crippen molar-refractivity contribution >= 4 is 17.3 Å². The zero-order valence-corrected chi connectivity index (χ0v) is 12.2. The molecule has 1 aromatic carbocycles. The van der Waals surface area contributed by atoms with Gasteiger partial charge in [-0.1, -0.05) is 19.8 Å². The van der Waals surface area contributed by atoms with E-state index in [0.29, 0.717) is 17.8 Å². The molecule has 114 valence electrons. The summed E-state index contributed by atoms with van der Waals surface area (Å²) >= 11 is 0. The van der Waals surface area contributed by atoms with Gasteiger partial charge in [-0.05, 0) is 31.4 Å². The van der Waals surface area contributed by atoms with Crippen LogP contribution in [0.1, 0.15) is 49.4 Å². The Hall–Kier alpha value is -2.11. The minimum atomic E-state index is -0.454. The molecule has 0 aromatic heterocycles. The number of hydrogen-bond acceptors (Lipinski definition) is 4. The molecule has 0 radical (unpaired) electrons. The number of nitro benzene ring substituents is 1. The molecule has 1 fully saturated rings. The highest BCUT2D eigenvalue weighted by molar-refractivity contribution is 5.95. The fraction of sp³-hybridized carbons (Fsp3) is 0.533. The maximum Gasteiger partial charge on any atom is 0.293 e. The van der Waals surface area contributed by atoms with Crippen LogP contribution in [-0.4, -0.2) is 23.4 Å². The Bertz CT molecular complexity index is 525. The number of carbonyl (C=O) groups excluding carboxylic acids is 1. The highest BCUT2D eigenvalue weighted by atomic mass is 16.6. The topological polar surface area (TPSA) is 84.3 Å². The van der Waals surface area contributed by atoms with E-state index in [0.717, 1.165) is 32.1 Å². The number of nitrogens with zero attached hydrogens (tertiary/aromatic N) is 1. The van der Waals surface area contributed by atoms with Gasteiger partial charge in [0, 0.05) is 24.2 Å². The SMILES string of the molecule is CCCNc1ccc(C(=O)NC2CCCC2)cc1[N+](=O)[O-]. The molecule has 6 heteroatoms. The summed E-state index contributed by atoms with van der Waals surface area (Å²) in [4.78, 5) is 22.8. The minimum Gasteiger partial charge on any atom is -0.380 e. The molecule has 0 aliphatic heterocycles. The monoisotopic (exact) mass is 291 g/mol. The van der Waals surface area contributed by atoms with Crippen LogP contribution in [0.5, 0.6) is 0 Å². The molecule has 0 heterocycles. The Morgan fingerprint density at radius 3 is 2.71 bits per heavy atom. The number of carbonyl (C=O) groups is 1. The molecule has 1 aliphatic carbocycles. The summed E-state index contributed by atoms with van der Waals surface area (Å²) in [5.74, 6) is -0.230. The molecule has 1 saturated carbocycles. The quantitative estimate of drug-likeness (QED) is 0.623. The Morgan fingerprint density at radius 1 is 1.38 bits per heavy atom. The highest BCUT2D eigenvalue weighted by Crippen LogP contribution is 2.26. The van der Waals surface area contributed by atoms with Crippen molar-refractivity contribution in [3.63, 3.8) is 0 Å². The second-order valence-electron chi connectivity index (χ2n) is 5.37. The highest BCUT2D eigenvalue weighted by Gasteiger charge is 2.21. The summed E-state index contributed by atoms with van der Waals surface area (Å²) in [6, 6.07) is 4.80. The Labute approximate surface area is 124 Å². The van der Waals surface area contributed by atoms with Crippen molar-refractivity contribution in [3.05, 3.63) is 33.9 Å². The van der Waals surface area contributed by atoms with Crippen LogP contribution in [0.25, 0.3) is 0 Å². The summed E-state index contributed by atoms with van der Waals surface area (Å²) < 4.78 is 0. The van der Waals surface area contributed by atoms with E-state index < -0.39 is 4.92 Å². The lowest BCUT2D eigenvalue weighted by Crippen LogP contribution is -2.32. The minimum absolute atomic E-state index is 0.0532. The van der Waals surface area contributed by atoms with Crippen LogP contribution in [0.4, 0.5) is 11.4 Å². The molecule has 1 aromatic rings. The van der Waals surface area contributed by atoms with Gasteiger partial charge in [0.05, 0.1) is 4.92 Å². The van der Waals surface area contributed by atoms with Crippen molar-refractivity contribution in [2.75, 3.05) is 11.9 Å². The average molecular weight is 291 g/mol. The van der Waals surface area contributed by atoms with E-state index >= 15 is 0 Å². The number of nitrogens with one attached hydrogen (secondary N) is 2. The van der Waals surface area contributed by atoms with Gasteiger partial charge in [0.1, 0.15) is 5.69 Å². The van der Waals surface area contributed by atoms with Crippen molar-refractivity contribution < 1.29 is 9.72 Å². The van der Waals surface area contributed by atoms with E-state index in [2.05, 4.69) is 10.6 Å². The van der Waals surface area contributed by atoms with Gasteiger partial charge in [0.25, 0.3) is 11.6 Å². The lowest BCUT2D eigenvalue weighted by molar-refractivity contribution is -0.384. The molecule has 0 unspecified atom stereocenters. The Kier molecular flexibility index (Phi) is 5.14. The van der Waals surface area contributed by atoms with Crippen molar-refractivity contribution in [2.45, 2.75) is 45.1 Å². The van der Waals surface area contributed by atoms with Crippen LogP contribution in [0.15, 0.2) is 18.2 Å². The predicted molar refractivity (Wildman–Crippen MR) is 81.6 cm³/mol. The van der Waals surface area contributed by atoms with E-state index in [1.807, 2.05) is 6.92 Å². The molecule has 2 N–H and O–H groups in total. The fourth-order valence-electron chi connectivity index (χ4n) is 2.57. The fourth-order valence-corrected chi connectivity index (χ4v) is 2.57. The Balaban J connectivity index is 2.14. The van der Waals surface area contributed by atoms with Crippen LogP contribution in [0.2, 0.25) is 0 Å². The van der Waals surface area contributed by atoms with Crippen molar-refractivity contribution in [1.82, 2.24) is 5.32 Å². The lowest BCUT2D eigenvalue weighted by Gasteiger charge is -2.12. The van der Waals surface area contributed by atoms with E-state index in [4.69, 9.17) is 0 Å². The van der Waals surface area contributed by atoms with Gasteiger partial charge in [-0.3, -0.25) is 14.9 Å². The maximum atomic E-state index is 12.1. The van der Waals surface area contributed by atoms with Crippen molar-refractivity contribution in [3.8, 4) is 0 Å². The van der Waals surface area contributed by atoms with Crippen molar-refractivity contribution in [1.29, 1.82) is 0 Å². The third-order valence-corrected chi connectivity index (χ3v) is 3.71. The standard InChI is InChI=1S/C15H21N3O3/c1-2-9-16-13-8-7-11(10-14(13)18(20)21)15(19)17-12-5-3-4-6-12/h7-8,10,12,16H,2-6,9H2,1H3,(H,17,19). The van der Waals surface area contributed by atoms with Gasteiger partial charge in [0.15, 0.2) is 0 Å². The normalized spacial score (nSPS) is 14.9. The molecule has 2 rings (SSSR count). The largest absolute Gasteiger partial charge is 0.380 e. The molecule has 1 amide bonds. The number of anilines is 1. The third-order valence-electron chi connectivity index (χ3n) is 3.71. The first-order chi connectivity index (χ1) is 10.1. The zero-order valence-electron chi connectivity index (χ0n) is 12.2. The number of amides is 1. The molecule has 6 nitrogen and oxygen atoms in total. The van der Waals surface area contributed by atoms with Gasteiger partial charge >= 0.3 is 0 Å². The molecule has 0 saturated heterocycles. The first-order valence-corrected chi connectivity index (χ1v) is 7.45. The molecule has 21 heavy (non-hydrogen) atoms. The number of rotatable bonds is 6. The number of hydrogen-bond donors (Lipinski definition) is 2. The second-order valence-corrected chi connectivity index (χ2v) is 5.37. The summed E-state index contributed by atoms with van der Waals surface area (Å²) in [7, 11) is 0. The third kappa shape index (κ3) is 3.93. The van der Waals surface area contributed by atoms with Crippen LogP contribution in [0.3, 0.4) is 0 Å². The average Bonchev–Trinajstić information content (AvgIpc) is 2.97. The van der Waals surface area contributed by atoms with Crippen LogP contribution in [-0.2, 0) is 0 Å². The lowest BCUT2D eigenvalue weighted by atomic mass is 10.1. The second kappa shape index (κ2) is 7.06. The summed E-state index contributed by atoms with van der Waals surface area (Å²) in [6.45, 7) is 2.65.